The summed E-state index contributed by atoms with van der Waals surface area (Å²) in [4.78, 5) is 16.7. The molecule has 1 aliphatic carbocycles. The summed E-state index contributed by atoms with van der Waals surface area (Å²) in [5.74, 6) is -0.163. The molecule has 150 valence electrons. The molecule has 1 aliphatic heterocycles. The average Bonchev–Trinajstić information content (AvgIpc) is 3.48. The Morgan fingerprint density at radius 3 is 2.79 bits per heavy atom. The highest BCUT2D eigenvalue weighted by Crippen LogP contribution is 2.32. The van der Waals surface area contributed by atoms with Crippen molar-refractivity contribution < 1.29 is 13.9 Å². The second kappa shape index (κ2) is 7.64. The number of likely N-dealkylation sites (N-methyl/N-ethyl adjacent to an activating group) is 1. The third-order valence-corrected chi connectivity index (χ3v) is 5.83. The van der Waals surface area contributed by atoms with E-state index in [4.69, 9.17) is 4.74 Å². The van der Waals surface area contributed by atoms with E-state index >= 15 is 0 Å². The molecule has 1 saturated heterocycles. The van der Waals surface area contributed by atoms with E-state index in [0.29, 0.717) is 38.0 Å². The molecule has 6 nitrogen and oxygen atoms in total. The maximum atomic E-state index is 14.3. The van der Waals surface area contributed by atoms with Crippen molar-refractivity contribution in [2.45, 2.75) is 38.8 Å². The molecule has 2 aromatic rings. The lowest BCUT2D eigenvalue weighted by Gasteiger charge is -2.36. The highest BCUT2D eigenvalue weighted by molar-refractivity contribution is 5.78. The van der Waals surface area contributed by atoms with Crippen molar-refractivity contribution in [2.24, 2.45) is 0 Å². The lowest BCUT2D eigenvalue weighted by molar-refractivity contribution is -0.134. The fourth-order valence-electron chi connectivity index (χ4n) is 4.04. The minimum absolute atomic E-state index is 0.0640. The normalized spacial score (nSPS) is 20.4. The number of aromatic nitrogens is 2. The highest BCUT2D eigenvalue weighted by atomic mass is 19.1. The molecule has 28 heavy (non-hydrogen) atoms. The first-order valence-electron chi connectivity index (χ1n) is 9.86. The zero-order valence-corrected chi connectivity index (χ0v) is 16.7. The number of nitrogens with zero attached hydrogens (tertiary/aromatic N) is 4. The molecule has 7 heteroatoms. The van der Waals surface area contributed by atoms with E-state index in [0.717, 1.165) is 29.8 Å². The fourth-order valence-corrected chi connectivity index (χ4v) is 4.04. The first-order chi connectivity index (χ1) is 13.5. The second-order valence-electron chi connectivity index (χ2n) is 7.74. The Morgan fingerprint density at radius 2 is 2.07 bits per heavy atom. The average molecular weight is 386 g/mol. The molecule has 2 aliphatic rings. The predicted molar refractivity (Wildman–Crippen MR) is 104 cm³/mol. The Kier molecular flexibility index (Phi) is 5.21. The summed E-state index contributed by atoms with van der Waals surface area (Å²) in [6.07, 6.45) is 2.20. The van der Waals surface area contributed by atoms with Crippen molar-refractivity contribution >= 4 is 5.91 Å². The van der Waals surface area contributed by atoms with Gasteiger partial charge in [0.05, 0.1) is 31.5 Å². The van der Waals surface area contributed by atoms with Gasteiger partial charge in [-0.1, -0.05) is 12.1 Å². The van der Waals surface area contributed by atoms with E-state index in [1.807, 2.05) is 25.8 Å². The number of hydrogen-bond acceptors (Lipinski definition) is 4. The fraction of sp³-hybridized carbons (Fsp3) is 0.524. The van der Waals surface area contributed by atoms with Gasteiger partial charge in [-0.05, 0) is 38.8 Å². The van der Waals surface area contributed by atoms with Gasteiger partial charge in [0.15, 0.2) is 0 Å². The van der Waals surface area contributed by atoms with Crippen LogP contribution in [0.2, 0.25) is 0 Å². The van der Waals surface area contributed by atoms with Crippen molar-refractivity contribution in [1.82, 2.24) is 19.6 Å². The molecular formula is C21H27FN4O2. The minimum Gasteiger partial charge on any atom is -0.378 e. The molecule has 1 saturated carbocycles. The van der Waals surface area contributed by atoms with Crippen molar-refractivity contribution in [2.75, 3.05) is 33.4 Å². The summed E-state index contributed by atoms with van der Waals surface area (Å²) >= 11 is 0. The number of aryl methyl sites for hydroxylation is 1. The number of morpholine rings is 1. The van der Waals surface area contributed by atoms with Crippen LogP contribution in [0.3, 0.4) is 0 Å². The summed E-state index contributed by atoms with van der Waals surface area (Å²) in [7, 11) is 1.89. The molecule has 1 aromatic heterocycles. The molecule has 2 heterocycles. The molecule has 0 spiro atoms. The van der Waals surface area contributed by atoms with E-state index in [9.17, 15) is 9.18 Å². The number of halogens is 1. The quantitative estimate of drug-likeness (QED) is 0.793. The Labute approximate surface area is 164 Å². The highest BCUT2D eigenvalue weighted by Gasteiger charge is 2.34. The third kappa shape index (κ3) is 3.56. The predicted octanol–water partition coefficient (Wildman–Crippen LogP) is 2.62. The Balaban J connectivity index is 1.62. The van der Waals surface area contributed by atoms with E-state index in [1.165, 1.54) is 6.07 Å². The van der Waals surface area contributed by atoms with Gasteiger partial charge in [0.1, 0.15) is 11.5 Å². The minimum atomic E-state index is -0.308. The van der Waals surface area contributed by atoms with Crippen molar-refractivity contribution in [3.63, 3.8) is 0 Å². The second-order valence-corrected chi connectivity index (χ2v) is 7.74. The van der Waals surface area contributed by atoms with Crippen LogP contribution in [0.25, 0.3) is 5.69 Å². The number of ether oxygens (including phenoxy) is 1. The molecule has 0 radical (unpaired) electrons. The number of carbonyl (C=O) groups excluding carboxylic acids is 1. The van der Waals surface area contributed by atoms with Crippen LogP contribution in [0, 0.1) is 19.7 Å². The smallest absolute Gasteiger partial charge is 0.236 e. The van der Waals surface area contributed by atoms with Gasteiger partial charge in [-0.15, -0.1) is 0 Å². The first kappa shape index (κ1) is 19.1. The van der Waals surface area contributed by atoms with Crippen LogP contribution in [-0.2, 0) is 9.53 Å². The molecule has 1 amide bonds. The van der Waals surface area contributed by atoms with Gasteiger partial charge in [-0.25, -0.2) is 9.07 Å². The zero-order valence-electron chi connectivity index (χ0n) is 16.7. The number of rotatable bonds is 5. The van der Waals surface area contributed by atoms with Crippen molar-refractivity contribution in [3.05, 3.63) is 47.0 Å². The van der Waals surface area contributed by atoms with E-state index < -0.39 is 0 Å². The van der Waals surface area contributed by atoms with Crippen LogP contribution >= 0.6 is 0 Å². The van der Waals surface area contributed by atoms with Gasteiger partial charge in [-0.3, -0.25) is 9.69 Å². The Bertz CT molecular complexity index is 877. The van der Waals surface area contributed by atoms with Crippen LogP contribution in [-0.4, -0.2) is 64.9 Å². The van der Waals surface area contributed by atoms with Crippen LogP contribution in [0.15, 0.2) is 24.3 Å². The Morgan fingerprint density at radius 1 is 1.32 bits per heavy atom. The molecule has 0 bridgehead atoms. The summed E-state index contributed by atoms with van der Waals surface area (Å²) in [6.45, 7) is 6.06. The molecular weight excluding hydrogens is 359 g/mol. The molecule has 2 fully saturated rings. The molecule has 0 N–H and O–H groups in total. The van der Waals surface area contributed by atoms with Crippen LogP contribution < -0.4 is 0 Å². The first-order valence-corrected chi connectivity index (χ1v) is 9.86. The molecule has 1 aromatic carbocycles. The van der Waals surface area contributed by atoms with E-state index in [2.05, 4.69) is 10.00 Å². The maximum Gasteiger partial charge on any atom is 0.236 e. The van der Waals surface area contributed by atoms with Crippen molar-refractivity contribution in [1.29, 1.82) is 0 Å². The summed E-state index contributed by atoms with van der Waals surface area (Å²) in [5.41, 5.74) is 3.17. The zero-order chi connectivity index (χ0) is 19.8. The number of para-hydroxylation sites is 1. The van der Waals surface area contributed by atoms with Crippen molar-refractivity contribution in [3.8, 4) is 5.69 Å². The van der Waals surface area contributed by atoms with Gasteiger partial charge in [0.25, 0.3) is 0 Å². The van der Waals surface area contributed by atoms with Gasteiger partial charge >= 0.3 is 0 Å². The monoisotopic (exact) mass is 386 g/mol. The van der Waals surface area contributed by atoms with Crippen LogP contribution in [0.1, 0.15) is 35.8 Å². The third-order valence-electron chi connectivity index (χ3n) is 5.83. The topological polar surface area (TPSA) is 50.6 Å². The molecule has 1 atom stereocenters. The number of benzene rings is 1. The number of amides is 1. The van der Waals surface area contributed by atoms with Gasteiger partial charge in [0, 0.05) is 30.9 Å². The lowest BCUT2D eigenvalue weighted by Crippen LogP contribution is -2.46. The number of carbonyl (C=O) groups is 1. The molecule has 4 rings (SSSR count). The van der Waals surface area contributed by atoms with E-state index in [-0.39, 0.29) is 17.8 Å². The Hall–Kier alpha value is -2.25. The SMILES string of the molecule is Cc1nn(-c2ccccc2F)c(C)c1C1COCCN1CC(=O)N(C)C1CC1. The summed E-state index contributed by atoms with van der Waals surface area (Å²) in [5, 5.41) is 4.60. The van der Waals surface area contributed by atoms with Gasteiger partial charge in [-0.2, -0.15) is 5.10 Å². The summed E-state index contributed by atoms with van der Waals surface area (Å²) < 4.78 is 21.7. The van der Waals surface area contributed by atoms with E-state index in [1.54, 1.807) is 22.9 Å². The lowest BCUT2D eigenvalue weighted by atomic mass is 10.0. The maximum absolute atomic E-state index is 14.3. The van der Waals surface area contributed by atoms with Crippen LogP contribution in [0.5, 0.6) is 0 Å². The standard InChI is InChI=1S/C21H27FN4O2/c1-14-21(15(2)26(23-14)18-7-5-4-6-17(18)22)19-13-28-11-10-25(19)12-20(27)24(3)16-8-9-16/h4-7,16,19H,8-13H2,1-3H3. The molecule has 1 unspecified atom stereocenters. The van der Waals surface area contributed by atoms with Crippen LogP contribution in [0.4, 0.5) is 4.39 Å². The largest absolute Gasteiger partial charge is 0.378 e. The summed E-state index contributed by atoms with van der Waals surface area (Å²) in [6, 6.07) is 6.97. The number of hydrogen-bond donors (Lipinski definition) is 0. The van der Waals surface area contributed by atoms with Gasteiger partial charge in [0.2, 0.25) is 5.91 Å². The van der Waals surface area contributed by atoms with Gasteiger partial charge < -0.3 is 9.64 Å².